The Kier molecular flexibility index (Phi) is 5.03. The highest BCUT2D eigenvalue weighted by Gasteiger charge is 2.27. The van der Waals surface area contributed by atoms with E-state index in [1.165, 1.54) is 0 Å². The standard InChI is InChI=1S/C36H20N4O6S/c1-44-47(42,43)46-36-24-17-16-23-31-21(33-37-25-10-2-6-19-8-4-12-27(29(19)25)39(33)35(23)45-18-41)14-15-22(32(24)31)34-38-26-11-3-7-20-9-5-13-28(30(20)26)40(34)36/h2-18H,1H3. The topological polar surface area (TPSA) is 114 Å². The van der Waals surface area contributed by atoms with E-state index >= 15 is 0 Å². The Labute approximate surface area is 264 Å². The molecule has 4 heterocycles. The molecule has 10 rings (SSSR count). The van der Waals surface area contributed by atoms with Crippen molar-refractivity contribution in [2.75, 3.05) is 7.11 Å². The van der Waals surface area contributed by atoms with Crippen molar-refractivity contribution in [3.63, 3.8) is 0 Å². The van der Waals surface area contributed by atoms with Gasteiger partial charge in [-0.15, -0.1) is 0 Å². The van der Waals surface area contributed by atoms with Gasteiger partial charge in [0.1, 0.15) is 11.3 Å². The van der Waals surface area contributed by atoms with E-state index in [0.29, 0.717) is 44.8 Å². The van der Waals surface area contributed by atoms with Gasteiger partial charge in [0.25, 0.3) is 6.47 Å². The van der Waals surface area contributed by atoms with Crippen LogP contribution in [0.5, 0.6) is 11.8 Å². The third-order valence-corrected chi connectivity index (χ3v) is 9.90. The Morgan fingerprint density at radius 3 is 1.57 bits per heavy atom. The first-order chi connectivity index (χ1) is 23.0. The maximum Gasteiger partial charge on any atom is 0.450 e. The van der Waals surface area contributed by atoms with Gasteiger partial charge in [-0.1, -0.05) is 48.5 Å². The summed E-state index contributed by atoms with van der Waals surface area (Å²) in [5, 5.41) is 7.78. The number of hydrogen-bond donors (Lipinski definition) is 0. The van der Waals surface area contributed by atoms with E-state index in [2.05, 4.69) is 0 Å². The van der Waals surface area contributed by atoms with E-state index in [1.807, 2.05) is 95.4 Å². The van der Waals surface area contributed by atoms with E-state index < -0.39 is 10.4 Å². The molecule has 0 bridgehead atoms. The summed E-state index contributed by atoms with van der Waals surface area (Å²) in [6.45, 7) is 0.407. The summed E-state index contributed by atoms with van der Waals surface area (Å²) in [4.78, 5) is 22.3. The summed E-state index contributed by atoms with van der Waals surface area (Å²) in [6, 6.07) is 31.1. The van der Waals surface area contributed by atoms with Gasteiger partial charge in [0.15, 0.2) is 0 Å². The first-order valence-electron chi connectivity index (χ1n) is 14.7. The lowest BCUT2D eigenvalue weighted by atomic mass is 9.95. The fourth-order valence-electron chi connectivity index (χ4n) is 7.33. The zero-order chi connectivity index (χ0) is 31.6. The minimum atomic E-state index is -4.46. The smallest absolute Gasteiger partial charge is 0.410 e. The van der Waals surface area contributed by atoms with Gasteiger partial charge < -0.3 is 8.92 Å². The fourth-order valence-corrected chi connectivity index (χ4v) is 7.76. The van der Waals surface area contributed by atoms with Crippen LogP contribution >= 0.6 is 0 Å². The molecule has 0 atom stereocenters. The lowest BCUT2D eigenvalue weighted by Crippen LogP contribution is -2.14. The van der Waals surface area contributed by atoms with E-state index in [-0.39, 0.29) is 11.8 Å². The molecule has 6 aromatic carbocycles. The molecular formula is C36H20N4O6S. The van der Waals surface area contributed by atoms with Crippen molar-refractivity contribution in [1.29, 1.82) is 0 Å². The van der Waals surface area contributed by atoms with E-state index in [1.54, 1.807) is 10.5 Å². The number of benzene rings is 6. The molecule has 0 aliphatic heterocycles. The molecule has 0 aliphatic rings. The van der Waals surface area contributed by atoms with Gasteiger partial charge >= 0.3 is 10.4 Å². The molecule has 0 saturated heterocycles. The Hall–Kier alpha value is -6.04. The van der Waals surface area contributed by atoms with Crippen molar-refractivity contribution in [3.05, 3.63) is 97.1 Å². The summed E-state index contributed by atoms with van der Waals surface area (Å²) in [7, 11) is -3.41. The van der Waals surface area contributed by atoms with Gasteiger partial charge in [0.05, 0.1) is 29.2 Å². The fraction of sp³-hybridized carbons (Fsp3) is 0.0278. The Bertz CT molecular complexity index is 3100. The van der Waals surface area contributed by atoms with E-state index in [4.69, 9.17) is 23.1 Å². The first-order valence-corrected chi connectivity index (χ1v) is 16.1. The predicted octanol–water partition coefficient (Wildman–Crippen LogP) is 7.30. The molecule has 0 amide bonds. The molecule has 226 valence electrons. The van der Waals surface area contributed by atoms with E-state index in [9.17, 15) is 13.2 Å². The Morgan fingerprint density at radius 1 is 0.596 bits per heavy atom. The molecular weight excluding hydrogens is 616 g/mol. The van der Waals surface area contributed by atoms with Crippen LogP contribution in [0.1, 0.15) is 0 Å². The summed E-state index contributed by atoms with van der Waals surface area (Å²) < 4.78 is 45.9. The van der Waals surface area contributed by atoms with Crippen molar-refractivity contribution in [2.45, 2.75) is 0 Å². The van der Waals surface area contributed by atoms with Gasteiger partial charge in [0.2, 0.25) is 11.8 Å². The monoisotopic (exact) mass is 636 g/mol. The number of pyridine rings is 2. The van der Waals surface area contributed by atoms with Gasteiger partial charge in [-0.2, -0.15) is 8.42 Å². The van der Waals surface area contributed by atoms with Crippen LogP contribution in [0.4, 0.5) is 0 Å². The molecule has 0 saturated carbocycles. The predicted molar refractivity (Wildman–Crippen MR) is 181 cm³/mol. The third kappa shape index (κ3) is 3.36. The zero-order valence-electron chi connectivity index (χ0n) is 24.5. The zero-order valence-corrected chi connectivity index (χ0v) is 25.3. The maximum absolute atomic E-state index is 13.0. The Morgan fingerprint density at radius 2 is 1.06 bits per heavy atom. The number of fused-ring (bicyclic) bond motifs is 6. The molecule has 10 aromatic rings. The van der Waals surface area contributed by atoms with Crippen molar-refractivity contribution in [2.24, 2.45) is 0 Å². The molecule has 47 heavy (non-hydrogen) atoms. The Balaban J connectivity index is 1.50. The molecule has 0 aliphatic carbocycles. The third-order valence-electron chi connectivity index (χ3n) is 9.13. The van der Waals surface area contributed by atoms with Gasteiger partial charge in [-0.25, -0.2) is 14.2 Å². The lowest BCUT2D eigenvalue weighted by Gasteiger charge is -2.22. The molecule has 0 fully saturated rings. The number of carbonyl (C=O) groups excluding carboxylic acids is 1. The van der Waals surface area contributed by atoms with Crippen LogP contribution < -0.4 is 8.92 Å². The molecule has 4 aromatic heterocycles. The summed E-state index contributed by atoms with van der Waals surface area (Å²) >= 11 is 0. The number of hydrogen-bond acceptors (Lipinski definition) is 8. The second-order valence-electron chi connectivity index (χ2n) is 11.4. The SMILES string of the molecule is COS(=O)(=O)Oc1c2ccc3c(OC=O)n4c5cccc6cccc(nc4c4ccc(c2c34)c2nc3cccc4cccc(c43)n12)c65. The molecule has 0 N–H and O–H groups in total. The second-order valence-corrected chi connectivity index (χ2v) is 12.7. The van der Waals surface area contributed by atoms with Crippen LogP contribution in [0.15, 0.2) is 97.1 Å². The van der Waals surface area contributed by atoms with Crippen LogP contribution in [0.25, 0.3) is 87.2 Å². The quantitative estimate of drug-likeness (QED) is 0.110. The maximum atomic E-state index is 13.0. The van der Waals surface area contributed by atoms with Crippen molar-refractivity contribution in [3.8, 4) is 11.8 Å². The second kappa shape index (κ2) is 9.03. The van der Waals surface area contributed by atoms with E-state index in [0.717, 1.165) is 56.0 Å². The number of rotatable bonds is 5. The summed E-state index contributed by atoms with van der Waals surface area (Å²) in [5.74, 6) is 0.303. The van der Waals surface area contributed by atoms with Crippen LogP contribution in [0.3, 0.4) is 0 Å². The highest BCUT2D eigenvalue weighted by molar-refractivity contribution is 7.82. The lowest BCUT2D eigenvalue weighted by molar-refractivity contribution is -0.120. The van der Waals surface area contributed by atoms with Crippen LogP contribution in [0.2, 0.25) is 0 Å². The largest absolute Gasteiger partial charge is 0.450 e. The van der Waals surface area contributed by atoms with Gasteiger partial charge in [-0.3, -0.25) is 13.6 Å². The average molecular weight is 637 g/mol. The minimum Gasteiger partial charge on any atom is -0.410 e. The van der Waals surface area contributed by atoms with Crippen molar-refractivity contribution in [1.82, 2.24) is 18.8 Å². The van der Waals surface area contributed by atoms with Crippen molar-refractivity contribution >= 4 is 104 Å². The molecule has 11 heteroatoms. The normalized spacial score (nSPS) is 12.7. The molecule has 10 nitrogen and oxygen atoms in total. The minimum absolute atomic E-state index is 0.0183. The van der Waals surface area contributed by atoms with Crippen LogP contribution in [-0.4, -0.2) is 40.8 Å². The first kappa shape index (κ1) is 26.2. The molecule has 0 unspecified atom stereocenters. The molecule has 0 spiro atoms. The number of ether oxygens (including phenoxy) is 1. The van der Waals surface area contributed by atoms with Crippen molar-refractivity contribution < 1.29 is 26.3 Å². The number of aromatic nitrogens is 4. The van der Waals surface area contributed by atoms with Crippen LogP contribution in [0, 0.1) is 0 Å². The number of nitrogens with zero attached hydrogens (tertiary/aromatic N) is 4. The van der Waals surface area contributed by atoms with Gasteiger partial charge in [0, 0.05) is 43.1 Å². The van der Waals surface area contributed by atoms with Crippen LogP contribution in [-0.2, 0) is 19.4 Å². The van der Waals surface area contributed by atoms with Gasteiger partial charge in [-0.05, 0) is 59.3 Å². The molecule has 0 radical (unpaired) electrons. The average Bonchev–Trinajstić information content (AvgIpc) is 3.09. The summed E-state index contributed by atoms with van der Waals surface area (Å²) in [5.41, 5.74) is 4.12. The highest BCUT2D eigenvalue weighted by Crippen LogP contribution is 2.46. The number of carbonyl (C=O) groups is 1. The highest BCUT2D eigenvalue weighted by atomic mass is 32.3. The summed E-state index contributed by atoms with van der Waals surface area (Å²) in [6.07, 6.45) is 0.